The summed E-state index contributed by atoms with van der Waals surface area (Å²) in [5.41, 5.74) is 0.685. The number of carbonyl (C=O) groups excluding carboxylic acids is 2. The van der Waals surface area contributed by atoms with E-state index in [1.54, 1.807) is 41.2 Å². The number of aromatic nitrogens is 1. The first-order valence-electron chi connectivity index (χ1n) is 6.40. The monoisotopic (exact) mass is 268 g/mol. The van der Waals surface area contributed by atoms with Gasteiger partial charge in [-0.25, -0.2) is 4.99 Å². The molecule has 0 aliphatic heterocycles. The summed E-state index contributed by atoms with van der Waals surface area (Å²) in [7, 11) is 0. The summed E-state index contributed by atoms with van der Waals surface area (Å²) < 4.78 is 1.80. The zero-order chi connectivity index (χ0) is 14.5. The van der Waals surface area contributed by atoms with Gasteiger partial charge in [0.15, 0.2) is 5.78 Å². The fourth-order valence-corrected chi connectivity index (χ4v) is 1.92. The number of hydrogen-bond acceptors (Lipinski definition) is 2. The molecule has 0 aliphatic rings. The Morgan fingerprint density at radius 1 is 1.05 bits per heavy atom. The maximum atomic E-state index is 12.3. The largest absolute Gasteiger partial charge is 0.344 e. The lowest BCUT2D eigenvalue weighted by atomic mass is 10.1. The summed E-state index contributed by atoms with van der Waals surface area (Å²) in [5, 5.41) is 0.591. The van der Waals surface area contributed by atoms with Crippen molar-refractivity contribution in [2.45, 2.75) is 19.9 Å². The molecular formula is C16H16N2O2. The van der Waals surface area contributed by atoms with Gasteiger partial charge in [-0.05, 0) is 19.1 Å². The highest BCUT2D eigenvalue weighted by atomic mass is 16.1. The Kier molecular flexibility index (Phi) is 4.25. The minimum atomic E-state index is -0.302. The van der Waals surface area contributed by atoms with Gasteiger partial charge in [0.25, 0.3) is 0 Å². The average Bonchev–Trinajstić information content (AvgIpc) is 2.47. The summed E-state index contributed by atoms with van der Waals surface area (Å²) in [5.74, 6) is -0.192. The van der Waals surface area contributed by atoms with Crippen LogP contribution in [0, 0.1) is 0 Å². The molecule has 4 nitrogen and oxygen atoms in total. The van der Waals surface area contributed by atoms with E-state index in [0.717, 1.165) is 0 Å². The van der Waals surface area contributed by atoms with Crippen LogP contribution < -0.4 is 5.36 Å². The van der Waals surface area contributed by atoms with Crippen LogP contribution in [0.5, 0.6) is 0 Å². The van der Waals surface area contributed by atoms with Crippen molar-refractivity contribution in [2.75, 3.05) is 0 Å². The van der Waals surface area contributed by atoms with Gasteiger partial charge in [0, 0.05) is 24.9 Å². The zero-order valence-electron chi connectivity index (χ0n) is 11.5. The molecule has 0 N–H and O–H groups in total. The normalized spacial score (nSPS) is 11.7. The lowest BCUT2D eigenvalue weighted by Gasteiger charge is -2.14. The second kappa shape index (κ2) is 6.10. The Hall–Kier alpha value is -2.49. The molecule has 0 spiro atoms. The van der Waals surface area contributed by atoms with Gasteiger partial charge >= 0.3 is 0 Å². The van der Waals surface area contributed by atoms with E-state index in [0.29, 0.717) is 10.9 Å². The number of carbonyl (C=O) groups is 2. The number of amides is 1. The van der Waals surface area contributed by atoms with Crippen molar-refractivity contribution in [1.82, 2.24) is 4.57 Å². The van der Waals surface area contributed by atoms with Crippen molar-refractivity contribution < 1.29 is 9.59 Å². The van der Waals surface area contributed by atoms with E-state index in [-0.39, 0.29) is 17.7 Å². The number of benzene rings is 1. The van der Waals surface area contributed by atoms with Gasteiger partial charge < -0.3 is 4.57 Å². The summed E-state index contributed by atoms with van der Waals surface area (Å²) >= 11 is 0. The lowest BCUT2D eigenvalue weighted by Crippen LogP contribution is -2.18. The van der Waals surface area contributed by atoms with E-state index >= 15 is 0 Å². The van der Waals surface area contributed by atoms with Crippen molar-refractivity contribution in [2.24, 2.45) is 4.99 Å². The van der Waals surface area contributed by atoms with Crippen LogP contribution in [0.15, 0.2) is 59.9 Å². The third-order valence-electron chi connectivity index (χ3n) is 3.01. The average molecular weight is 268 g/mol. The number of Topliss-reactive ketones (excluding diaryl/α,β-unsaturated/α-hetero) is 1. The van der Waals surface area contributed by atoms with Gasteiger partial charge in [0.05, 0.1) is 11.4 Å². The lowest BCUT2D eigenvalue weighted by molar-refractivity contribution is -0.116. The molecule has 4 heteroatoms. The molecule has 2 aromatic rings. The molecule has 0 radical (unpaired) electrons. The van der Waals surface area contributed by atoms with Gasteiger partial charge in [-0.15, -0.1) is 0 Å². The predicted octanol–water partition coefficient (Wildman–Crippen LogP) is 2.38. The molecule has 0 aliphatic carbocycles. The van der Waals surface area contributed by atoms with Crippen molar-refractivity contribution >= 4 is 11.7 Å². The van der Waals surface area contributed by atoms with Crippen molar-refractivity contribution in [3.05, 3.63) is 65.8 Å². The van der Waals surface area contributed by atoms with Crippen LogP contribution in [-0.4, -0.2) is 16.3 Å². The van der Waals surface area contributed by atoms with E-state index in [2.05, 4.69) is 4.99 Å². The Labute approximate surface area is 117 Å². The van der Waals surface area contributed by atoms with Crippen LogP contribution in [-0.2, 0) is 4.79 Å². The van der Waals surface area contributed by atoms with Crippen LogP contribution in [0.4, 0.5) is 0 Å². The van der Waals surface area contributed by atoms with Crippen LogP contribution in [0.25, 0.3) is 0 Å². The molecule has 0 saturated heterocycles. The number of pyridine rings is 1. The molecule has 2 rings (SSSR count). The Bertz CT molecular complexity index is 667. The molecule has 1 aromatic carbocycles. The molecule has 20 heavy (non-hydrogen) atoms. The van der Waals surface area contributed by atoms with E-state index in [1.807, 2.05) is 25.1 Å². The maximum Gasteiger partial charge on any atom is 0.243 e. The second-order valence-electron chi connectivity index (χ2n) is 4.54. The first-order valence-corrected chi connectivity index (χ1v) is 6.40. The fraction of sp³-hybridized carbons (Fsp3) is 0.188. The smallest absolute Gasteiger partial charge is 0.243 e. The van der Waals surface area contributed by atoms with Crippen LogP contribution in [0.3, 0.4) is 0 Å². The van der Waals surface area contributed by atoms with Crippen molar-refractivity contribution in [3.63, 3.8) is 0 Å². The van der Waals surface area contributed by atoms with Gasteiger partial charge in [0.2, 0.25) is 5.91 Å². The quantitative estimate of drug-likeness (QED) is 0.802. The maximum absolute atomic E-state index is 12.3. The molecule has 1 heterocycles. The molecule has 1 atom stereocenters. The topological polar surface area (TPSA) is 51.4 Å². The third kappa shape index (κ3) is 3.29. The van der Waals surface area contributed by atoms with E-state index < -0.39 is 0 Å². The van der Waals surface area contributed by atoms with Crippen molar-refractivity contribution in [1.29, 1.82) is 0 Å². The molecular weight excluding hydrogens is 252 g/mol. The third-order valence-corrected chi connectivity index (χ3v) is 3.01. The molecule has 0 fully saturated rings. The van der Waals surface area contributed by atoms with Crippen molar-refractivity contribution in [3.8, 4) is 0 Å². The predicted molar refractivity (Wildman–Crippen MR) is 76.2 cm³/mol. The van der Waals surface area contributed by atoms with Crippen LogP contribution in [0.1, 0.15) is 30.2 Å². The standard InChI is InChI=1S/C16H16N2O2/c1-12(16(20)14-6-4-3-5-7-14)18-10-8-15(9-11-18)17-13(2)19/h3-12H,1-2H3/t12-/m1/s1. The highest BCUT2D eigenvalue weighted by Crippen LogP contribution is 2.12. The van der Waals surface area contributed by atoms with Gasteiger partial charge in [0.1, 0.15) is 0 Å². The van der Waals surface area contributed by atoms with E-state index in [1.165, 1.54) is 6.92 Å². The highest BCUT2D eigenvalue weighted by Gasteiger charge is 2.15. The number of nitrogens with zero attached hydrogens (tertiary/aromatic N) is 2. The SMILES string of the molecule is CC(=O)N=c1ccn([C@H](C)C(=O)c2ccccc2)cc1. The summed E-state index contributed by atoms with van der Waals surface area (Å²) in [6, 6.07) is 12.3. The summed E-state index contributed by atoms with van der Waals surface area (Å²) in [4.78, 5) is 27.0. The Morgan fingerprint density at radius 3 is 2.20 bits per heavy atom. The fourth-order valence-electron chi connectivity index (χ4n) is 1.92. The molecule has 1 amide bonds. The van der Waals surface area contributed by atoms with E-state index in [4.69, 9.17) is 0 Å². The molecule has 0 bridgehead atoms. The van der Waals surface area contributed by atoms with Crippen LogP contribution >= 0.6 is 0 Å². The number of hydrogen-bond donors (Lipinski definition) is 0. The van der Waals surface area contributed by atoms with Crippen LogP contribution in [0.2, 0.25) is 0 Å². The number of rotatable bonds is 3. The first-order chi connectivity index (χ1) is 9.58. The zero-order valence-corrected chi connectivity index (χ0v) is 11.5. The molecule has 0 saturated carbocycles. The first kappa shape index (κ1) is 13.9. The highest BCUT2D eigenvalue weighted by molar-refractivity contribution is 5.98. The minimum absolute atomic E-state index is 0.0480. The second-order valence-corrected chi connectivity index (χ2v) is 4.54. The summed E-state index contributed by atoms with van der Waals surface area (Å²) in [6.07, 6.45) is 3.51. The molecule has 0 unspecified atom stereocenters. The Morgan fingerprint density at radius 2 is 1.65 bits per heavy atom. The molecule has 1 aromatic heterocycles. The molecule has 102 valence electrons. The van der Waals surface area contributed by atoms with Gasteiger partial charge in [-0.2, -0.15) is 0 Å². The van der Waals surface area contributed by atoms with Gasteiger partial charge in [-0.1, -0.05) is 30.3 Å². The van der Waals surface area contributed by atoms with E-state index in [9.17, 15) is 9.59 Å². The minimum Gasteiger partial charge on any atom is -0.344 e. The van der Waals surface area contributed by atoms with Gasteiger partial charge in [-0.3, -0.25) is 9.59 Å². The number of ketones is 1. The Balaban J connectivity index is 2.24. The summed E-state index contributed by atoms with van der Waals surface area (Å²) in [6.45, 7) is 3.25.